The van der Waals surface area contributed by atoms with E-state index in [1.54, 1.807) is 0 Å². The molecule has 0 radical (unpaired) electrons. The van der Waals surface area contributed by atoms with Crippen molar-refractivity contribution in [3.05, 3.63) is 65.1 Å². The van der Waals surface area contributed by atoms with Crippen LogP contribution in [0.5, 0.6) is 5.75 Å². The van der Waals surface area contributed by atoms with E-state index in [9.17, 15) is 10.2 Å². The second-order valence-corrected chi connectivity index (χ2v) is 6.63. The third-order valence-corrected chi connectivity index (χ3v) is 4.25. The quantitative estimate of drug-likeness (QED) is 0.286. The molecule has 5 heteroatoms. The van der Waals surface area contributed by atoms with Crippen molar-refractivity contribution in [2.24, 2.45) is 0 Å². The normalized spacial score (nSPS) is 20.0. The summed E-state index contributed by atoms with van der Waals surface area (Å²) < 4.78 is 94.3. The average molecular weight is 427 g/mol. The van der Waals surface area contributed by atoms with Gasteiger partial charge in [0.25, 0.3) is 0 Å². The summed E-state index contributed by atoms with van der Waals surface area (Å²) in [5.74, 6) is -0.897. The maximum atomic E-state index is 9.96. The SMILES string of the molecule is [2H]OC([2H])(c1c([2H])c([2H])c(O)c(CO)c1[2H])C([2H])([2H])NC([2H])([2H])CCCCCOC([2H])([2H])CCCc1ccccc1. The molecule has 0 fully saturated rings. The van der Waals surface area contributed by atoms with Gasteiger partial charge in [-0.3, -0.25) is 0 Å². The minimum absolute atomic E-state index is 0.111. The summed E-state index contributed by atoms with van der Waals surface area (Å²) in [7, 11) is 0. The van der Waals surface area contributed by atoms with Crippen LogP contribution in [0, 0.1) is 0 Å². The Labute approximate surface area is 196 Å². The lowest BCUT2D eigenvalue weighted by atomic mass is 10.1. The maximum absolute atomic E-state index is 9.96. The fourth-order valence-corrected chi connectivity index (χ4v) is 2.61. The molecule has 4 N–H and O–H groups in total. The lowest BCUT2D eigenvalue weighted by molar-refractivity contribution is 0.126. The topological polar surface area (TPSA) is 82.0 Å². The Morgan fingerprint density at radius 3 is 2.73 bits per heavy atom. The zero-order valence-electron chi connectivity index (χ0n) is 28.0. The molecule has 1 unspecified atom stereocenters. The predicted octanol–water partition coefficient (Wildman–Crippen LogP) is 4.11. The van der Waals surface area contributed by atoms with Crippen LogP contribution in [-0.2, 0) is 17.8 Å². The number of phenols is 1. The van der Waals surface area contributed by atoms with Gasteiger partial charge < -0.3 is 25.4 Å². The number of aromatic hydroxyl groups is 1. The summed E-state index contributed by atoms with van der Waals surface area (Å²) in [6, 6.07) is 6.97. The summed E-state index contributed by atoms with van der Waals surface area (Å²) in [6.07, 6.45) is -0.805. The van der Waals surface area contributed by atoms with Crippen LogP contribution in [0.25, 0.3) is 0 Å². The molecule has 1 atom stereocenters. The molecule has 2 aromatic carbocycles. The Balaban J connectivity index is 1.93. The number of aliphatic hydroxyl groups is 2. The first-order chi connectivity index (χ1) is 19.0. The van der Waals surface area contributed by atoms with Crippen molar-refractivity contribution in [3.8, 4) is 5.75 Å². The maximum Gasteiger partial charge on any atom is 0.211 e. The Kier molecular flexibility index (Phi) is 6.40. The molecule has 2 aromatic rings. The van der Waals surface area contributed by atoms with Gasteiger partial charge in [-0.25, -0.2) is 0 Å². The number of nitrogens with one attached hydrogen (secondary N) is 1. The van der Waals surface area contributed by atoms with Gasteiger partial charge in [-0.2, -0.15) is 0 Å². The number of hydrogen-bond donors (Lipinski definition) is 4. The monoisotopic (exact) mass is 426 g/mol. The average Bonchev–Trinajstić information content (AvgIpc) is 2.89. The molecule has 0 aliphatic heterocycles. The molecule has 0 heterocycles. The van der Waals surface area contributed by atoms with Crippen molar-refractivity contribution >= 4 is 0 Å². The zero-order chi connectivity index (χ0) is 31.1. The van der Waals surface area contributed by atoms with Crippen LogP contribution in [0.3, 0.4) is 0 Å². The molecule has 0 amide bonds. The molecule has 166 valence electrons. The van der Waals surface area contributed by atoms with Gasteiger partial charge >= 0.3 is 0 Å². The van der Waals surface area contributed by atoms with Crippen molar-refractivity contribution < 1.29 is 33.8 Å². The van der Waals surface area contributed by atoms with Gasteiger partial charge in [-0.05, 0) is 61.8 Å². The van der Waals surface area contributed by atoms with Gasteiger partial charge in [0.2, 0.25) is 1.43 Å². The number of hydrogen-bond acceptors (Lipinski definition) is 5. The molecule has 0 saturated heterocycles. The van der Waals surface area contributed by atoms with E-state index in [1.807, 2.05) is 35.6 Å². The fourth-order valence-electron chi connectivity index (χ4n) is 2.61. The number of benzene rings is 2. The standard InChI is InChI=1S/C25H37NO4/c27-20-23-18-22(13-14-24(23)28)25(29)19-26-15-7-1-2-8-16-30-17-9-6-12-21-10-4-3-5-11-21/h3-5,10-11,13-14,18,25-29H,1-2,6-9,12,15-17,19-20H2/i13D,14D,15D2,17D2,18D,19D2,25D,29D. The van der Waals surface area contributed by atoms with Gasteiger partial charge in [0.1, 0.15) is 5.75 Å². The van der Waals surface area contributed by atoms with Crippen LogP contribution in [-0.4, -0.2) is 42.9 Å². The van der Waals surface area contributed by atoms with Crippen molar-refractivity contribution in [3.63, 3.8) is 0 Å². The smallest absolute Gasteiger partial charge is 0.211 e. The van der Waals surface area contributed by atoms with Gasteiger partial charge in [0.15, 0.2) is 0 Å². The lowest BCUT2D eigenvalue weighted by Crippen LogP contribution is -2.22. The summed E-state index contributed by atoms with van der Waals surface area (Å²) in [4.78, 5) is 0. The number of aryl methyl sites for hydroxylation is 1. The third kappa shape index (κ3) is 9.72. The van der Waals surface area contributed by atoms with Crippen molar-refractivity contribution in [1.29, 1.82) is 1.43 Å². The van der Waals surface area contributed by atoms with Crippen LogP contribution in [0.1, 0.15) is 75.0 Å². The first-order valence-electron chi connectivity index (χ1n) is 15.5. The first kappa shape index (κ1) is 12.8. The number of unbranched alkanes of at least 4 members (excludes halogenated alkanes) is 2. The molecule has 0 aliphatic carbocycles. The van der Waals surface area contributed by atoms with Crippen LogP contribution >= 0.6 is 0 Å². The van der Waals surface area contributed by atoms with Gasteiger partial charge in [0, 0.05) is 30.7 Å². The van der Waals surface area contributed by atoms with Crippen LogP contribution in [0.15, 0.2) is 48.5 Å². The van der Waals surface area contributed by atoms with Crippen LogP contribution in [0.2, 0.25) is 0 Å². The molecule has 0 aliphatic rings. The van der Waals surface area contributed by atoms with Crippen molar-refractivity contribution in [2.45, 2.75) is 57.6 Å². The van der Waals surface area contributed by atoms with Crippen molar-refractivity contribution in [1.82, 2.24) is 5.32 Å². The van der Waals surface area contributed by atoms with Gasteiger partial charge in [-0.15, -0.1) is 0 Å². The molecule has 30 heavy (non-hydrogen) atoms. The molecule has 0 aromatic heterocycles. The molecule has 5 nitrogen and oxygen atoms in total. The highest BCUT2D eigenvalue weighted by Crippen LogP contribution is 2.22. The third-order valence-electron chi connectivity index (χ3n) is 4.25. The van der Waals surface area contributed by atoms with Crippen molar-refractivity contribution in [2.75, 3.05) is 26.2 Å². The van der Waals surface area contributed by atoms with Gasteiger partial charge in [0.05, 0.1) is 20.9 Å². The molecule has 0 saturated carbocycles. The minimum atomic E-state index is -3.22. The Morgan fingerprint density at radius 1 is 1.10 bits per heavy atom. The highest BCUT2D eigenvalue weighted by molar-refractivity contribution is 5.36. The summed E-state index contributed by atoms with van der Waals surface area (Å²) in [6.45, 7) is -8.30. The first-order valence-corrected chi connectivity index (χ1v) is 10.1. The van der Waals surface area contributed by atoms with E-state index in [1.165, 1.54) is 0 Å². The molecule has 0 bridgehead atoms. The van der Waals surface area contributed by atoms with Crippen LogP contribution < -0.4 is 5.32 Å². The fraction of sp³-hybridized carbons (Fsp3) is 0.520. The second kappa shape index (κ2) is 15.0. The molecular weight excluding hydrogens is 378 g/mol. The van der Waals surface area contributed by atoms with E-state index < -0.39 is 67.2 Å². The Morgan fingerprint density at radius 2 is 1.93 bits per heavy atom. The van der Waals surface area contributed by atoms with E-state index in [0.29, 0.717) is 19.3 Å². The summed E-state index contributed by atoms with van der Waals surface area (Å²) in [5.41, 5.74) is -0.369. The number of aliphatic hydroxyl groups excluding tert-OH is 1. The highest BCUT2D eigenvalue weighted by Gasteiger charge is 2.09. The summed E-state index contributed by atoms with van der Waals surface area (Å²) in [5, 5.41) is 25.7. The molecular formula is C25H37NO4. The summed E-state index contributed by atoms with van der Waals surface area (Å²) >= 11 is 0. The highest BCUT2D eigenvalue weighted by atomic mass is 16.5. The molecule has 0 spiro atoms. The van der Waals surface area contributed by atoms with E-state index in [4.69, 9.17) is 19.9 Å². The Bertz CT molecular complexity index is 1140. The second-order valence-electron chi connectivity index (χ2n) is 6.63. The largest absolute Gasteiger partial charge is 0.508 e. The van der Waals surface area contributed by atoms with Gasteiger partial charge in [-0.1, -0.05) is 49.2 Å². The number of rotatable bonds is 17. The van der Waals surface area contributed by atoms with E-state index >= 15 is 0 Å². The van der Waals surface area contributed by atoms with E-state index in [-0.39, 0.29) is 25.9 Å². The van der Waals surface area contributed by atoms with E-state index in [0.717, 1.165) is 12.0 Å². The lowest BCUT2D eigenvalue weighted by Gasteiger charge is -2.14. The molecule has 2 rings (SSSR count). The number of ether oxygens (including phenoxy) is 1. The van der Waals surface area contributed by atoms with Crippen LogP contribution in [0.4, 0.5) is 0 Å². The van der Waals surface area contributed by atoms with E-state index in [2.05, 4.69) is 5.11 Å². The predicted molar refractivity (Wildman–Crippen MR) is 121 cm³/mol. The Hall–Kier alpha value is -1.92. The zero-order valence-corrected chi connectivity index (χ0v) is 17.0. The minimum Gasteiger partial charge on any atom is -0.508 e.